The summed E-state index contributed by atoms with van der Waals surface area (Å²) in [4.78, 5) is 0. The van der Waals surface area contributed by atoms with E-state index in [1.807, 2.05) is 76.2 Å². The number of benzene rings is 2. The molecule has 1 aromatic heterocycles. The molecule has 21 heavy (non-hydrogen) atoms. The van der Waals surface area contributed by atoms with Crippen LogP contribution in [0.5, 0.6) is 0 Å². The highest BCUT2D eigenvalue weighted by Crippen LogP contribution is 2.34. The van der Waals surface area contributed by atoms with E-state index >= 15 is 0 Å². The van der Waals surface area contributed by atoms with Gasteiger partial charge in [0.1, 0.15) is 0 Å². The Morgan fingerprint density at radius 3 is 1.90 bits per heavy atom. The van der Waals surface area contributed by atoms with Gasteiger partial charge in [-0.1, -0.05) is 58.0 Å². The van der Waals surface area contributed by atoms with Crippen LogP contribution in [0.2, 0.25) is 0 Å². The molecule has 0 fully saturated rings. The molecular weight excluding hydrogens is 279 g/mol. The van der Waals surface area contributed by atoms with Crippen LogP contribution in [0.25, 0.3) is 21.5 Å². The minimum absolute atomic E-state index is 0.706. The van der Waals surface area contributed by atoms with E-state index in [0.29, 0.717) is 5.58 Å². The van der Waals surface area contributed by atoms with Gasteiger partial charge in [0.2, 0.25) is 5.12 Å². The molecule has 0 saturated heterocycles. The average molecular weight is 301 g/mol. The van der Waals surface area contributed by atoms with Crippen LogP contribution in [0.3, 0.4) is 0 Å². The summed E-state index contributed by atoms with van der Waals surface area (Å²) < 4.78 is 17.1. The minimum Gasteiger partial charge on any atom is -0.250 e. The minimum atomic E-state index is -1.74. The van der Waals surface area contributed by atoms with Crippen molar-refractivity contribution in [2.75, 3.05) is 0 Å². The van der Waals surface area contributed by atoms with E-state index in [2.05, 4.69) is 12.8 Å². The lowest BCUT2D eigenvalue weighted by Gasteiger charge is -1.94. The van der Waals surface area contributed by atoms with Gasteiger partial charge in [0, 0.05) is 10.8 Å². The van der Waals surface area contributed by atoms with Crippen molar-refractivity contribution in [1.29, 1.82) is 0 Å². The number of rotatable bonds is 0. The zero-order valence-corrected chi connectivity index (χ0v) is 13.9. The summed E-state index contributed by atoms with van der Waals surface area (Å²) in [6.07, 6.45) is 8.00. The Bertz CT molecular complexity index is 742. The fraction of sp³-hybridized carbons (Fsp3) is 0.222. The first-order valence-electron chi connectivity index (χ1n) is 7.03. The third-order valence-electron chi connectivity index (χ3n) is 2.46. The fourth-order valence-electron chi connectivity index (χ4n) is 1.77. The zero-order valence-electron chi connectivity index (χ0n) is 13.0. The maximum Gasteiger partial charge on any atom is 0.597 e. The Morgan fingerprint density at radius 2 is 1.29 bits per heavy atom. The number of para-hydroxylation sites is 1. The molecule has 0 bridgehead atoms. The fourth-order valence-corrected chi connectivity index (χ4v) is 2.80. The highest BCUT2D eigenvalue weighted by molar-refractivity contribution is 7.37. The van der Waals surface area contributed by atoms with Crippen LogP contribution in [-0.4, -0.2) is 0 Å². The number of hydrogen-bond acceptors (Lipinski definition) is 2. The Kier molecular flexibility index (Phi) is 9.59. The molecular formula is C18H22O2P+. The molecule has 0 aliphatic carbocycles. The van der Waals surface area contributed by atoms with E-state index in [1.54, 1.807) is 0 Å². The lowest BCUT2D eigenvalue weighted by atomic mass is 10.1. The van der Waals surface area contributed by atoms with E-state index in [9.17, 15) is 4.57 Å². The number of fused-ring (bicyclic) bond motifs is 3. The Labute approximate surface area is 127 Å². The van der Waals surface area contributed by atoms with E-state index in [-0.39, 0.29) is 0 Å². The maximum absolute atomic E-state index is 11.8. The van der Waals surface area contributed by atoms with Crippen molar-refractivity contribution >= 4 is 29.1 Å². The molecule has 0 amide bonds. The van der Waals surface area contributed by atoms with E-state index in [0.717, 1.165) is 15.9 Å². The summed E-state index contributed by atoms with van der Waals surface area (Å²) >= 11 is 0. The first kappa shape index (κ1) is 18.9. The van der Waals surface area contributed by atoms with Gasteiger partial charge >= 0.3 is 7.65 Å². The summed E-state index contributed by atoms with van der Waals surface area (Å²) in [6, 6.07) is 15.3. The standard InChI is InChI=1S/C12H8O2P.2C2H6.C2H2/c13-15-12-8-4-2-6-10(12)9-5-1-3-7-11(9)14-15;3*1-2/h1-8H;2*1-2H3;1-2H/q+1;;;. The van der Waals surface area contributed by atoms with Gasteiger partial charge in [0.25, 0.3) is 0 Å². The first-order chi connectivity index (χ1) is 10.4. The molecule has 0 N–H and O–H groups in total. The highest BCUT2D eigenvalue weighted by Gasteiger charge is 2.14. The normalized spacial score (nSPS) is 9.33. The zero-order chi connectivity index (χ0) is 16.3. The van der Waals surface area contributed by atoms with Gasteiger partial charge < -0.3 is 0 Å². The van der Waals surface area contributed by atoms with Crippen LogP contribution in [0.15, 0.2) is 52.7 Å². The predicted octanol–water partition coefficient (Wildman–Crippen LogP) is 6.63. The monoisotopic (exact) mass is 301 g/mol. The second-order valence-corrected chi connectivity index (χ2v) is 4.54. The molecule has 0 aliphatic rings. The summed E-state index contributed by atoms with van der Waals surface area (Å²) in [6.45, 7) is 8.00. The van der Waals surface area contributed by atoms with Crippen molar-refractivity contribution < 1.29 is 8.76 Å². The molecule has 1 atom stereocenters. The van der Waals surface area contributed by atoms with Crippen LogP contribution >= 0.6 is 7.65 Å². The van der Waals surface area contributed by atoms with Gasteiger partial charge in [0.05, 0.1) is 0 Å². The highest BCUT2D eigenvalue weighted by atomic mass is 31.1. The molecule has 0 aliphatic heterocycles. The van der Waals surface area contributed by atoms with E-state index < -0.39 is 7.65 Å². The van der Waals surface area contributed by atoms with Crippen molar-refractivity contribution in [3.8, 4) is 12.8 Å². The molecule has 0 saturated carbocycles. The Hall–Kier alpha value is -2.10. The molecule has 2 aromatic carbocycles. The van der Waals surface area contributed by atoms with Gasteiger partial charge in [0.15, 0.2) is 5.58 Å². The van der Waals surface area contributed by atoms with Crippen LogP contribution in [0, 0.1) is 12.8 Å². The van der Waals surface area contributed by atoms with Crippen molar-refractivity contribution in [3.63, 3.8) is 0 Å². The lowest BCUT2D eigenvalue weighted by Crippen LogP contribution is -1.73. The quantitative estimate of drug-likeness (QED) is 0.344. The average Bonchev–Trinajstić information content (AvgIpc) is 2.61. The summed E-state index contributed by atoms with van der Waals surface area (Å²) in [5, 5.41) is 2.81. The molecule has 3 heteroatoms. The smallest absolute Gasteiger partial charge is 0.250 e. The SMILES string of the molecule is C#C.CC.CC.O=[p+]1oc2ccccc2c2ccccc21. The lowest BCUT2D eigenvalue weighted by molar-refractivity contribution is 0.563. The molecule has 3 aromatic rings. The van der Waals surface area contributed by atoms with Crippen molar-refractivity contribution in [3.05, 3.63) is 48.5 Å². The van der Waals surface area contributed by atoms with Gasteiger partial charge in [-0.05, 0) is 22.8 Å². The van der Waals surface area contributed by atoms with Gasteiger partial charge in [-0.15, -0.1) is 12.8 Å². The Balaban J connectivity index is 0.000000598. The Morgan fingerprint density at radius 1 is 0.810 bits per heavy atom. The third-order valence-corrected chi connectivity index (χ3v) is 3.61. The van der Waals surface area contributed by atoms with Gasteiger partial charge in [-0.25, -0.2) is 4.20 Å². The van der Waals surface area contributed by atoms with Crippen LogP contribution in [-0.2, 0) is 4.57 Å². The topological polar surface area (TPSA) is 30.2 Å². The van der Waals surface area contributed by atoms with E-state index in [1.165, 1.54) is 0 Å². The van der Waals surface area contributed by atoms with Crippen molar-refractivity contribution in [2.45, 2.75) is 27.7 Å². The third kappa shape index (κ3) is 4.45. The number of hydrogen-bond donors (Lipinski definition) is 0. The van der Waals surface area contributed by atoms with Crippen LogP contribution in [0.4, 0.5) is 0 Å². The van der Waals surface area contributed by atoms with Gasteiger partial charge in [-0.2, -0.15) is 0 Å². The summed E-state index contributed by atoms with van der Waals surface area (Å²) in [5.74, 6) is 0. The first-order valence-corrected chi connectivity index (χ1v) is 8.21. The second kappa shape index (κ2) is 10.7. The summed E-state index contributed by atoms with van der Waals surface area (Å²) in [5.41, 5.74) is 0.706. The molecule has 1 heterocycles. The molecule has 3 rings (SSSR count). The molecule has 110 valence electrons. The molecule has 0 spiro atoms. The van der Waals surface area contributed by atoms with Crippen molar-refractivity contribution in [1.82, 2.24) is 0 Å². The number of terminal acetylenes is 1. The van der Waals surface area contributed by atoms with Gasteiger partial charge in [-0.3, -0.25) is 0 Å². The maximum atomic E-state index is 11.8. The molecule has 2 nitrogen and oxygen atoms in total. The second-order valence-electron chi connectivity index (χ2n) is 3.36. The largest absolute Gasteiger partial charge is 0.597 e. The van der Waals surface area contributed by atoms with Crippen LogP contribution in [0.1, 0.15) is 27.7 Å². The van der Waals surface area contributed by atoms with Crippen LogP contribution < -0.4 is 0 Å². The molecule has 0 radical (unpaired) electrons. The van der Waals surface area contributed by atoms with Crippen molar-refractivity contribution in [2.24, 2.45) is 0 Å². The predicted molar refractivity (Wildman–Crippen MR) is 93.9 cm³/mol. The van der Waals surface area contributed by atoms with E-state index in [4.69, 9.17) is 4.20 Å². The summed E-state index contributed by atoms with van der Waals surface area (Å²) in [7, 11) is -1.74. The molecule has 1 unspecified atom stereocenters.